The Labute approximate surface area is 250 Å². The molecule has 1 aliphatic rings. The minimum absolute atomic E-state index is 0.0159. The van der Waals surface area contributed by atoms with Gasteiger partial charge in [0.25, 0.3) is 11.1 Å². The van der Waals surface area contributed by atoms with Crippen molar-refractivity contribution in [1.29, 1.82) is 0 Å². The normalized spacial score (nSPS) is 14.3. The van der Waals surface area contributed by atoms with E-state index in [4.69, 9.17) is 36.9 Å². The molecule has 0 atom stereocenters. The lowest BCUT2D eigenvalue weighted by Crippen LogP contribution is -2.32. The first-order valence-corrected chi connectivity index (χ1v) is 14.8. The van der Waals surface area contributed by atoms with E-state index in [1.807, 2.05) is 0 Å². The quantitative estimate of drug-likeness (QED) is 0.215. The standard InChI is InChI=1S/C27H22Cl2N2O8S2/c1-16(32)30-19-5-9-21(10-6-19)41(35,36)39-25-22(29)13-17(14-23(25)37-2)15-24-26(33)31(27(34)40-24)11-12-38-20-7-3-18(28)4-8-20/h3-10,13-15H,11-12H2,1-2H3,(H,30,32)/b24-15-. The van der Waals surface area contributed by atoms with E-state index in [2.05, 4.69) is 5.32 Å². The van der Waals surface area contributed by atoms with Crippen LogP contribution in [-0.2, 0) is 19.7 Å². The number of methoxy groups -OCH3 is 1. The number of rotatable bonds is 10. The number of nitrogens with zero attached hydrogens (tertiary/aromatic N) is 1. The summed E-state index contributed by atoms with van der Waals surface area (Å²) in [5, 5.41) is 2.53. The van der Waals surface area contributed by atoms with Crippen LogP contribution < -0.4 is 19.0 Å². The number of carbonyl (C=O) groups is 3. The summed E-state index contributed by atoms with van der Waals surface area (Å²) in [5.41, 5.74) is 0.786. The number of benzene rings is 3. The Hall–Kier alpha value is -3.71. The van der Waals surface area contributed by atoms with Gasteiger partial charge in [0, 0.05) is 17.6 Å². The van der Waals surface area contributed by atoms with Crippen LogP contribution in [0.15, 0.2) is 70.5 Å². The zero-order valence-corrected chi connectivity index (χ0v) is 24.7. The largest absolute Gasteiger partial charge is 0.493 e. The highest BCUT2D eigenvalue weighted by molar-refractivity contribution is 8.18. The van der Waals surface area contributed by atoms with Gasteiger partial charge in [0.1, 0.15) is 17.3 Å². The van der Waals surface area contributed by atoms with Crippen LogP contribution in [0.4, 0.5) is 10.5 Å². The molecule has 1 aliphatic heterocycles. The van der Waals surface area contributed by atoms with Crippen LogP contribution in [0, 0.1) is 0 Å². The van der Waals surface area contributed by atoms with Crippen LogP contribution in [0.25, 0.3) is 6.08 Å². The van der Waals surface area contributed by atoms with Crippen LogP contribution in [0.1, 0.15) is 12.5 Å². The molecule has 10 nitrogen and oxygen atoms in total. The van der Waals surface area contributed by atoms with Crippen molar-refractivity contribution in [3.63, 3.8) is 0 Å². The van der Waals surface area contributed by atoms with Crippen LogP contribution in [-0.4, -0.2) is 50.6 Å². The second kappa shape index (κ2) is 12.9. The summed E-state index contributed by atoms with van der Waals surface area (Å²) in [4.78, 5) is 37.6. The van der Waals surface area contributed by atoms with Crippen molar-refractivity contribution in [2.75, 3.05) is 25.6 Å². The molecule has 214 valence electrons. The molecule has 0 aliphatic carbocycles. The van der Waals surface area contributed by atoms with Gasteiger partial charge in [-0.3, -0.25) is 19.3 Å². The second-order valence-corrected chi connectivity index (χ2v) is 11.8. The van der Waals surface area contributed by atoms with Gasteiger partial charge in [-0.1, -0.05) is 23.2 Å². The Morgan fingerprint density at radius 2 is 1.73 bits per heavy atom. The number of imide groups is 1. The van der Waals surface area contributed by atoms with Gasteiger partial charge in [-0.05, 0) is 84.1 Å². The number of anilines is 1. The lowest BCUT2D eigenvalue weighted by atomic mass is 10.2. The van der Waals surface area contributed by atoms with E-state index in [1.165, 1.54) is 56.5 Å². The molecular weight excluding hydrogens is 615 g/mol. The van der Waals surface area contributed by atoms with Gasteiger partial charge in [0.15, 0.2) is 5.75 Å². The number of amides is 3. The minimum Gasteiger partial charge on any atom is -0.493 e. The highest BCUT2D eigenvalue weighted by Crippen LogP contribution is 2.40. The summed E-state index contributed by atoms with van der Waals surface area (Å²) in [5.74, 6) is -0.547. The molecule has 3 amide bonds. The van der Waals surface area contributed by atoms with Gasteiger partial charge in [-0.2, -0.15) is 8.42 Å². The Morgan fingerprint density at radius 1 is 1.05 bits per heavy atom. The van der Waals surface area contributed by atoms with Crippen LogP contribution in [0.2, 0.25) is 10.0 Å². The first kappa shape index (κ1) is 30.3. The molecule has 0 saturated carbocycles. The average molecular weight is 638 g/mol. The number of ether oxygens (including phenoxy) is 2. The van der Waals surface area contributed by atoms with Crippen molar-refractivity contribution in [3.05, 3.63) is 81.2 Å². The first-order valence-electron chi connectivity index (χ1n) is 11.8. The van der Waals surface area contributed by atoms with Crippen molar-refractivity contribution in [2.45, 2.75) is 11.8 Å². The molecule has 0 unspecified atom stereocenters. The van der Waals surface area contributed by atoms with E-state index in [0.717, 1.165) is 16.7 Å². The van der Waals surface area contributed by atoms with Crippen molar-refractivity contribution in [1.82, 2.24) is 4.90 Å². The molecule has 3 aromatic carbocycles. The number of nitrogens with one attached hydrogen (secondary N) is 1. The van der Waals surface area contributed by atoms with E-state index >= 15 is 0 Å². The molecule has 1 saturated heterocycles. The predicted molar refractivity (Wildman–Crippen MR) is 156 cm³/mol. The maximum atomic E-state index is 12.9. The zero-order chi connectivity index (χ0) is 29.7. The SMILES string of the molecule is COc1cc(/C=C2\SC(=O)N(CCOc3ccc(Cl)cc3)C2=O)cc(Cl)c1OS(=O)(=O)c1ccc(NC(C)=O)cc1. The van der Waals surface area contributed by atoms with E-state index in [0.29, 0.717) is 22.0 Å². The van der Waals surface area contributed by atoms with Crippen LogP contribution in [0.3, 0.4) is 0 Å². The lowest BCUT2D eigenvalue weighted by Gasteiger charge is -2.14. The summed E-state index contributed by atoms with van der Waals surface area (Å²) >= 11 is 13.0. The third-order valence-corrected chi connectivity index (χ3v) is 8.15. The number of thioether (sulfide) groups is 1. The zero-order valence-electron chi connectivity index (χ0n) is 21.6. The maximum Gasteiger partial charge on any atom is 0.339 e. The Morgan fingerprint density at radius 3 is 2.37 bits per heavy atom. The monoisotopic (exact) mass is 636 g/mol. The van der Waals surface area contributed by atoms with Gasteiger partial charge >= 0.3 is 10.1 Å². The molecule has 1 fully saturated rings. The molecule has 1 N–H and O–H groups in total. The van der Waals surface area contributed by atoms with Crippen molar-refractivity contribution >= 4 is 73.9 Å². The molecule has 4 rings (SSSR count). The number of halogens is 2. The van der Waals surface area contributed by atoms with E-state index in [1.54, 1.807) is 24.3 Å². The minimum atomic E-state index is -4.32. The van der Waals surface area contributed by atoms with Crippen LogP contribution >= 0.6 is 35.0 Å². The fourth-order valence-corrected chi connectivity index (χ4v) is 5.85. The van der Waals surface area contributed by atoms with Gasteiger partial charge in [-0.15, -0.1) is 0 Å². The summed E-state index contributed by atoms with van der Waals surface area (Å²) in [6.07, 6.45) is 1.44. The Bertz CT molecular complexity index is 1630. The van der Waals surface area contributed by atoms with Crippen LogP contribution in [0.5, 0.6) is 17.2 Å². The van der Waals surface area contributed by atoms with E-state index < -0.39 is 21.3 Å². The van der Waals surface area contributed by atoms with Gasteiger partial charge < -0.3 is 19.0 Å². The average Bonchev–Trinajstić information content (AvgIpc) is 3.18. The molecule has 0 bridgehead atoms. The van der Waals surface area contributed by atoms with E-state index in [9.17, 15) is 22.8 Å². The summed E-state index contributed by atoms with van der Waals surface area (Å²) < 4.78 is 41.9. The third-order valence-electron chi connectivity index (χ3n) is 5.48. The summed E-state index contributed by atoms with van der Waals surface area (Å²) in [6.45, 7) is 1.45. The molecular formula is C27H22Cl2N2O8S2. The molecule has 41 heavy (non-hydrogen) atoms. The van der Waals surface area contributed by atoms with E-state index in [-0.39, 0.29) is 45.4 Å². The number of hydrogen-bond donors (Lipinski definition) is 1. The Balaban J connectivity index is 1.48. The predicted octanol–water partition coefficient (Wildman–Crippen LogP) is 5.84. The summed E-state index contributed by atoms with van der Waals surface area (Å²) in [7, 11) is -3.03. The Kier molecular flexibility index (Phi) is 9.49. The highest BCUT2D eigenvalue weighted by Gasteiger charge is 2.35. The number of hydrogen-bond acceptors (Lipinski definition) is 9. The molecule has 0 spiro atoms. The first-order chi connectivity index (χ1) is 19.5. The molecule has 0 radical (unpaired) electrons. The van der Waals surface area contributed by atoms with Gasteiger partial charge in [0.05, 0.1) is 23.6 Å². The summed E-state index contributed by atoms with van der Waals surface area (Å²) in [6, 6.07) is 14.9. The molecule has 0 aromatic heterocycles. The second-order valence-electron chi connectivity index (χ2n) is 8.41. The topological polar surface area (TPSA) is 128 Å². The maximum absolute atomic E-state index is 12.9. The van der Waals surface area contributed by atoms with Gasteiger partial charge in [0.2, 0.25) is 11.7 Å². The van der Waals surface area contributed by atoms with Crippen molar-refractivity contribution < 1.29 is 36.5 Å². The fourth-order valence-electron chi connectivity index (χ4n) is 3.60. The molecule has 14 heteroatoms. The van der Waals surface area contributed by atoms with Crippen molar-refractivity contribution in [2.24, 2.45) is 0 Å². The molecule has 1 heterocycles. The van der Waals surface area contributed by atoms with Gasteiger partial charge in [-0.25, -0.2) is 0 Å². The third kappa shape index (κ3) is 7.53. The smallest absolute Gasteiger partial charge is 0.339 e. The lowest BCUT2D eigenvalue weighted by molar-refractivity contribution is -0.123. The highest BCUT2D eigenvalue weighted by atomic mass is 35.5. The fraction of sp³-hybridized carbons (Fsp3) is 0.148. The van der Waals surface area contributed by atoms with Crippen molar-refractivity contribution in [3.8, 4) is 17.2 Å². The molecule has 3 aromatic rings. The number of carbonyl (C=O) groups excluding carboxylic acids is 3.